The number of ether oxygens (including phenoxy) is 1. The summed E-state index contributed by atoms with van der Waals surface area (Å²) in [5.41, 5.74) is 5.37. The summed E-state index contributed by atoms with van der Waals surface area (Å²) in [4.78, 5) is 15.4. The van der Waals surface area contributed by atoms with E-state index in [1.165, 1.54) is 5.56 Å². The van der Waals surface area contributed by atoms with Crippen LogP contribution in [0.2, 0.25) is 0 Å². The largest absolute Gasteiger partial charge is 0.383 e. The molecule has 1 N–H and O–H groups in total. The monoisotopic (exact) mass is 399 g/mol. The summed E-state index contributed by atoms with van der Waals surface area (Å²) >= 11 is 0. The molecule has 0 aliphatic heterocycles. The van der Waals surface area contributed by atoms with Gasteiger partial charge in [-0.05, 0) is 60.1 Å². The molecule has 2 heterocycles. The minimum absolute atomic E-state index is 0.587. The molecule has 0 aliphatic carbocycles. The molecule has 0 saturated carbocycles. The zero-order valence-electron chi connectivity index (χ0n) is 17.2. The van der Waals surface area contributed by atoms with Crippen LogP contribution in [0.15, 0.2) is 73.2 Å². The zero-order chi connectivity index (χ0) is 20.8. The van der Waals surface area contributed by atoms with E-state index in [1.807, 2.05) is 24.4 Å². The number of nitrogens with zero attached hydrogens (tertiary/aromatic N) is 4. The summed E-state index contributed by atoms with van der Waals surface area (Å²) in [5, 5.41) is 4.30. The van der Waals surface area contributed by atoms with Gasteiger partial charge in [0.15, 0.2) is 0 Å². The molecule has 0 atom stereocenters. The minimum atomic E-state index is 0.587. The predicted molar refractivity (Wildman–Crippen MR) is 121 cm³/mol. The third kappa shape index (κ3) is 4.97. The molecule has 0 radical (unpaired) electrons. The van der Waals surface area contributed by atoms with Gasteiger partial charge in [-0.3, -0.25) is 9.88 Å². The van der Waals surface area contributed by atoms with E-state index in [4.69, 9.17) is 4.74 Å². The number of benzene rings is 2. The highest BCUT2D eigenvalue weighted by Gasteiger charge is 2.05. The number of fused-ring (bicyclic) bond motifs is 1. The summed E-state index contributed by atoms with van der Waals surface area (Å²) < 4.78 is 5.13. The Kier molecular flexibility index (Phi) is 6.27. The summed E-state index contributed by atoms with van der Waals surface area (Å²) in [6.07, 6.45) is 5.45. The molecule has 0 bridgehead atoms. The second-order valence-corrected chi connectivity index (χ2v) is 7.26. The Balaban J connectivity index is 1.45. The highest BCUT2D eigenvalue weighted by molar-refractivity contribution is 5.84. The molecule has 30 heavy (non-hydrogen) atoms. The first-order chi connectivity index (χ1) is 14.7. The van der Waals surface area contributed by atoms with Gasteiger partial charge in [0.1, 0.15) is 0 Å². The molecule has 0 unspecified atom stereocenters. The van der Waals surface area contributed by atoms with Gasteiger partial charge in [0.2, 0.25) is 5.95 Å². The van der Waals surface area contributed by atoms with Gasteiger partial charge in [-0.15, -0.1) is 0 Å². The molecule has 6 nitrogen and oxygen atoms in total. The van der Waals surface area contributed by atoms with Crippen molar-refractivity contribution in [3.63, 3.8) is 0 Å². The highest BCUT2D eigenvalue weighted by Crippen LogP contribution is 2.24. The predicted octanol–water partition coefficient (Wildman–Crippen LogP) is 4.51. The van der Waals surface area contributed by atoms with Crippen molar-refractivity contribution >= 4 is 22.5 Å². The van der Waals surface area contributed by atoms with Crippen molar-refractivity contribution in [1.82, 2.24) is 19.9 Å². The number of anilines is 2. The average Bonchev–Trinajstić information content (AvgIpc) is 2.79. The minimum Gasteiger partial charge on any atom is -0.383 e. The Labute approximate surface area is 176 Å². The SMILES string of the molecule is COCCN(C)Cc1ccc(Nc2ncc3cc(-c4ccncc4)ccc3n2)cc1. The van der Waals surface area contributed by atoms with Crippen LogP contribution in [-0.2, 0) is 11.3 Å². The summed E-state index contributed by atoms with van der Waals surface area (Å²) in [6, 6.07) is 18.5. The van der Waals surface area contributed by atoms with Gasteiger partial charge in [-0.2, -0.15) is 0 Å². The Morgan fingerprint density at radius 2 is 1.77 bits per heavy atom. The number of methoxy groups -OCH3 is 1. The zero-order valence-corrected chi connectivity index (χ0v) is 17.2. The Morgan fingerprint density at radius 1 is 0.967 bits per heavy atom. The average molecular weight is 399 g/mol. The third-order valence-corrected chi connectivity index (χ3v) is 4.93. The van der Waals surface area contributed by atoms with Crippen LogP contribution in [0.3, 0.4) is 0 Å². The Hall–Kier alpha value is -3.35. The number of hydrogen-bond donors (Lipinski definition) is 1. The molecular weight excluding hydrogens is 374 g/mol. The van der Waals surface area contributed by atoms with Gasteiger partial charge >= 0.3 is 0 Å². The van der Waals surface area contributed by atoms with Gasteiger partial charge in [0.05, 0.1) is 12.1 Å². The normalized spacial score (nSPS) is 11.2. The van der Waals surface area contributed by atoms with Crippen LogP contribution in [-0.4, -0.2) is 47.2 Å². The first kappa shape index (κ1) is 19.9. The number of pyridine rings is 1. The quantitative estimate of drug-likeness (QED) is 0.470. The maximum Gasteiger partial charge on any atom is 0.227 e. The third-order valence-electron chi connectivity index (χ3n) is 4.93. The maximum atomic E-state index is 5.13. The van der Waals surface area contributed by atoms with E-state index in [9.17, 15) is 0 Å². The van der Waals surface area contributed by atoms with Crippen LogP contribution in [0.5, 0.6) is 0 Å². The molecule has 0 amide bonds. The summed E-state index contributed by atoms with van der Waals surface area (Å²) in [6.45, 7) is 2.53. The molecule has 6 heteroatoms. The number of aromatic nitrogens is 3. The van der Waals surface area contributed by atoms with Crippen molar-refractivity contribution in [2.45, 2.75) is 6.54 Å². The van der Waals surface area contributed by atoms with Crippen LogP contribution in [0.1, 0.15) is 5.56 Å². The fraction of sp³-hybridized carbons (Fsp3) is 0.208. The molecule has 0 saturated heterocycles. The highest BCUT2D eigenvalue weighted by atomic mass is 16.5. The Morgan fingerprint density at radius 3 is 2.53 bits per heavy atom. The van der Waals surface area contributed by atoms with E-state index in [2.05, 4.69) is 68.6 Å². The topological polar surface area (TPSA) is 63.2 Å². The molecule has 4 aromatic rings. The molecule has 152 valence electrons. The van der Waals surface area contributed by atoms with Crippen molar-refractivity contribution < 1.29 is 4.74 Å². The lowest BCUT2D eigenvalue weighted by Crippen LogP contribution is -2.22. The van der Waals surface area contributed by atoms with E-state index in [0.29, 0.717) is 5.95 Å². The van der Waals surface area contributed by atoms with Crippen molar-refractivity contribution in [1.29, 1.82) is 0 Å². The molecular formula is C24H25N5O. The maximum absolute atomic E-state index is 5.13. The Bertz CT molecular complexity index is 1100. The van der Waals surface area contributed by atoms with Gasteiger partial charge in [-0.25, -0.2) is 9.97 Å². The lowest BCUT2D eigenvalue weighted by Gasteiger charge is -2.16. The lowest BCUT2D eigenvalue weighted by atomic mass is 10.1. The van der Waals surface area contributed by atoms with Crippen molar-refractivity contribution in [3.05, 3.63) is 78.8 Å². The molecule has 0 spiro atoms. The lowest BCUT2D eigenvalue weighted by molar-refractivity contribution is 0.158. The number of hydrogen-bond acceptors (Lipinski definition) is 6. The van der Waals surface area contributed by atoms with Crippen LogP contribution in [0.4, 0.5) is 11.6 Å². The molecule has 2 aromatic heterocycles. The fourth-order valence-corrected chi connectivity index (χ4v) is 3.28. The van der Waals surface area contributed by atoms with Crippen molar-refractivity contribution in [2.24, 2.45) is 0 Å². The first-order valence-electron chi connectivity index (χ1n) is 9.92. The van der Waals surface area contributed by atoms with Gasteiger partial charge in [0.25, 0.3) is 0 Å². The molecule has 0 aliphatic rings. The van der Waals surface area contributed by atoms with Crippen molar-refractivity contribution in [3.8, 4) is 11.1 Å². The number of nitrogens with one attached hydrogen (secondary N) is 1. The van der Waals surface area contributed by atoms with Gasteiger partial charge < -0.3 is 10.1 Å². The fourth-order valence-electron chi connectivity index (χ4n) is 3.28. The van der Waals surface area contributed by atoms with Crippen molar-refractivity contribution in [2.75, 3.05) is 32.6 Å². The summed E-state index contributed by atoms with van der Waals surface area (Å²) in [5.74, 6) is 0.587. The van der Waals surface area contributed by atoms with E-state index < -0.39 is 0 Å². The van der Waals surface area contributed by atoms with Gasteiger partial charge in [-0.1, -0.05) is 18.2 Å². The standard InChI is InChI=1S/C24H25N5O/c1-29(13-14-30-2)17-18-3-6-22(7-4-18)27-24-26-16-21-15-20(5-8-23(21)28-24)19-9-11-25-12-10-19/h3-12,15-16H,13-14,17H2,1-2H3,(H,26,27,28). The van der Waals surface area contributed by atoms with E-state index in [0.717, 1.165) is 47.4 Å². The molecule has 2 aromatic carbocycles. The van der Waals surface area contributed by atoms with Crippen LogP contribution >= 0.6 is 0 Å². The first-order valence-corrected chi connectivity index (χ1v) is 9.92. The van der Waals surface area contributed by atoms with Gasteiger partial charge in [0, 0.05) is 49.9 Å². The smallest absolute Gasteiger partial charge is 0.227 e. The van der Waals surface area contributed by atoms with Crippen LogP contribution < -0.4 is 5.32 Å². The van der Waals surface area contributed by atoms with E-state index in [-0.39, 0.29) is 0 Å². The van der Waals surface area contributed by atoms with Crippen LogP contribution in [0.25, 0.3) is 22.0 Å². The molecule has 4 rings (SSSR count). The second-order valence-electron chi connectivity index (χ2n) is 7.26. The van der Waals surface area contributed by atoms with Crippen LogP contribution in [0, 0.1) is 0 Å². The van der Waals surface area contributed by atoms with E-state index >= 15 is 0 Å². The molecule has 0 fully saturated rings. The number of likely N-dealkylation sites (N-methyl/N-ethyl adjacent to an activating group) is 1. The summed E-state index contributed by atoms with van der Waals surface area (Å²) in [7, 11) is 3.82. The second kappa shape index (κ2) is 9.43. The van der Waals surface area contributed by atoms with E-state index in [1.54, 1.807) is 19.5 Å². The number of rotatable bonds is 8.